The summed E-state index contributed by atoms with van der Waals surface area (Å²) < 4.78 is -0.0375. The van der Waals surface area contributed by atoms with Gasteiger partial charge in [0.2, 0.25) is 0 Å². The smallest absolute Gasteiger partial charge is 0.0825 e. The fraction of sp³-hybridized carbons (Fsp3) is 0.818. The molecule has 1 atom stereocenters. The molecule has 1 aliphatic rings. The van der Waals surface area contributed by atoms with E-state index >= 15 is 0 Å². The summed E-state index contributed by atoms with van der Waals surface area (Å²) >= 11 is 1.75. The summed E-state index contributed by atoms with van der Waals surface area (Å²) in [6, 6.07) is 0. The van der Waals surface area contributed by atoms with Crippen LogP contribution in [0.1, 0.15) is 40.0 Å². The molecule has 0 spiro atoms. The first-order valence-corrected chi connectivity index (χ1v) is 6.07. The van der Waals surface area contributed by atoms with Crippen LogP contribution in [0.25, 0.3) is 0 Å². The molecule has 0 aromatic heterocycles. The van der Waals surface area contributed by atoms with E-state index in [4.69, 9.17) is 0 Å². The molecule has 76 valence electrons. The summed E-state index contributed by atoms with van der Waals surface area (Å²) in [6.45, 7) is 6.41. The summed E-state index contributed by atoms with van der Waals surface area (Å²) in [4.78, 5) is 0. The number of hydrogen-bond donors (Lipinski definition) is 1. The highest BCUT2D eigenvalue weighted by molar-refractivity contribution is 8.00. The van der Waals surface area contributed by atoms with Crippen LogP contribution < -0.4 is 0 Å². The van der Waals surface area contributed by atoms with Gasteiger partial charge >= 0.3 is 0 Å². The van der Waals surface area contributed by atoms with E-state index < -0.39 is 5.60 Å². The van der Waals surface area contributed by atoms with Crippen molar-refractivity contribution in [3.05, 3.63) is 11.6 Å². The fourth-order valence-electron chi connectivity index (χ4n) is 1.69. The van der Waals surface area contributed by atoms with E-state index in [9.17, 15) is 5.11 Å². The van der Waals surface area contributed by atoms with E-state index in [0.717, 1.165) is 19.3 Å². The molecule has 1 aliphatic carbocycles. The molecule has 1 nitrogen and oxygen atoms in total. The van der Waals surface area contributed by atoms with Crippen molar-refractivity contribution in [3.8, 4) is 0 Å². The third-order valence-corrected chi connectivity index (χ3v) is 4.75. The van der Waals surface area contributed by atoms with Crippen molar-refractivity contribution >= 4 is 11.8 Å². The Bertz CT molecular complexity index is 220. The van der Waals surface area contributed by atoms with Crippen LogP contribution in [0.3, 0.4) is 0 Å². The normalized spacial score (nSPS) is 30.1. The van der Waals surface area contributed by atoms with Crippen LogP contribution >= 0.6 is 11.8 Å². The van der Waals surface area contributed by atoms with Crippen LogP contribution in [0.5, 0.6) is 0 Å². The standard InChI is InChI=1S/C11H20OS/c1-9-5-7-11(12,8-6-9)10(2,3)13-4/h5,12H,6-8H2,1-4H3. The predicted octanol–water partition coefficient (Wildman–Crippen LogP) is 2.99. The maximum Gasteiger partial charge on any atom is 0.0825 e. The lowest BCUT2D eigenvalue weighted by Gasteiger charge is -2.43. The van der Waals surface area contributed by atoms with Gasteiger partial charge in [-0.1, -0.05) is 11.6 Å². The van der Waals surface area contributed by atoms with E-state index in [1.54, 1.807) is 11.8 Å². The van der Waals surface area contributed by atoms with Gasteiger partial charge in [0.15, 0.2) is 0 Å². The predicted molar refractivity (Wildman–Crippen MR) is 60.2 cm³/mol. The highest BCUT2D eigenvalue weighted by atomic mass is 32.2. The van der Waals surface area contributed by atoms with Gasteiger partial charge in [0.1, 0.15) is 0 Å². The largest absolute Gasteiger partial charge is 0.388 e. The summed E-state index contributed by atoms with van der Waals surface area (Å²) in [5, 5.41) is 10.5. The van der Waals surface area contributed by atoms with Gasteiger partial charge in [-0.2, -0.15) is 11.8 Å². The van der Waals surface area contributed by atoms with Crippen LogP contribution in [0.15, 0.2) is 11.6 Å². The highest BCUT2D eigenvalue weighted by Gasteiger charge is 2.42. The lowest BCUT2D eigenvalue weighted by molar-refractivity contribution is 0.00159. The van der Waals surface area contributed by atoms with E-state index in [-0.39, 0.29) is 4.75 Å². The Kier molecular flexibility index (Phi) is 3.13. The van der Waals surface area contributed by atoms with Gasteiger partial charge in [-0.3, -0.25) is 0 Å². The number of allylic oxidation sites excluding steroid dienone is 1. The molecule has 0 saturated carbocycles. The number of aliphatic hydroxyl groups is 1. The Balaban J connectivity index is 2.79. The van der Waals surface area contributed by atoms with Crippen molar-refractivity contribution < 1.29 is 5.11 Å². The minimum Gasteiger partial charge on any atom is -0.388 e. The van der Waals surface area contributed by atoms with Crippen molar-refractivity contribution in [1.29, 1.82) is 0 Å². The zero-order valence-electron chi connectivity index (χ0n) is 9.05. The first-order chi connectivity index (χ1) is 5.91. The molecule has 0 heterocycles. The molecular weight excluding hydrogens is 180 g/mol. The topological polar surface area (TPSA) is 20.2 Å². The Hall–Kier alpha value is 0.0500. The number of hydrogen-bond acceptors (Lipinski definition) is 2. The lowest BCUT2D eigenvalue weighted by Crippen LogP contribution is -2.48. The first-order valence-electron chi connectivity index (χ1n) is 4.84. The van der Waals surface area contributed by atoms with Gasteiger partial charge in [0.05, 0.1) is 5.60 Å². The van der Waals surface area contributed by atoms with Gasteiger partial charge in [-0.05, 0) is 46.3 Å². The Morgan fingerprint density at radius 2 is 2.15 bits per heavy atom. The molecule has 1 unspecified atom stereocenters. The molecule has 2 heteroatoms. The average Bonchev–Trinajstić information content (AvgIpc) is 2.10. The fourth-order valence-corrected chi connectivity index (χ4v) is 2.25. The summed E-state index contributed by atoms with van der Waals surface area (Å²) in [7, 11) is 0. The second kappa shape index (κ2) is 3.66. The van der Waals surface area contributed by atoms with E-state index in [0.29, 0.717) is 0 Å². The maximum absolute atomic E-state index is 10.5. The maximum atomic E-state index is 10.5. The lowest BCUT2D eigenvalue weighted by atomic mass is 9.77. The minimum atomic E-state index is -0.508. The van der Waals surface area contributed by atoms with Gasteiger partial charge in [0.25, 0.3) is 0 Å². The third-order valence-electron chi connectivity index (χ3n) is 3.35. The molecule has 0 aromatic carbocycles. The summed E-state index contributed by atoms with van der Waals surface area (Å²) in [5.41, 5.74) is 0.910. The second-order valence-electron chi connectivity index (χ2n) is 4.50. The van der Waals surface area contributed by atoms with Crippen molar-refractivity contribution in [1.82, 2.24) is 0 Å². The summed E-state index contributed by atoms with van der Waals surface area (Å²) in [6.07, 6.45) is 7.01. The van der Waals surface area contributed by atoms with Crippen LogP contribution in [0.2, 0.25) is 0 Å². The quantitative estimate of drug-likeness (QED) is 0.692. The molecule has 1 N–H and O–H groups in total. The van der Waals surface area contributed by atoms with Crippen molar-refractivity contribution in [3.63, 3.8) is 0 Å². The second-order valence-corrected chi connectivity index (χ2v) is 5.93. The molecule has 1 rings (SSSR count). The van der Waals surface area contributed by atoms with Crippen LogP contribution in [0, 0.1) is 0 Å². The third kappa shape index (κ3) is 2.10. The Morgan fingerprint density at radius 3 is 2.54 bits per heavy atom. The summed E-state index contributed by atoms with van der Waals surface area (Å²) in [5.74, 6) is 0. The van der Waals surface area contributed by atoms with Crippen molar-refractivity contribution in [2.24, 2.45) is 0 Å². The van der Waals surface area contributed by atoms with Gasteiger partial charge in [-0.25, -0.2) is 0 Å². The molecule has 0 radical (unpaired) electrons. The van der Waals surface area contributed by atoms with E-state index in [1.807, 2.05) is 0 Å². The molecule has 0 bridgehead atoms. The van der Waals surface area contributed by atoms with Gasteiger partial charge < -0.3 is 5.11 Å². The zero-order chi connectivity index (χ0) is 10.1. The van der Waals surface area contributed by atoms with Gasteiger partial charge in [-0.15, -0.1) is 0 Å². The average molecular weight is 200 g/mol. The van der Waals surface area contributed by atoms with Crippen molar-refractivity contribution in [2.75, 3.05) is 6.26 Å². The van der Waals surface area contributed by atoms with E-state index in [1.165, 1.54) is 5.57 Å². The molecule has 13 heavy (non-hydrogen) atoms. The first kappa shape index (κ1) is 11.1. The Labute approximate surface area is 85.6 Å². The zero-order valence-corrected chi connectivity index (χ0v) is 9.87. The minimum absolute atomic E-state index is 0.0375. The molecule has 0 amide bonds. The Morgan fingerprint density at radius 1 is 1.54 bits per heavy atom. The van der Waals surface area contributed by atoms with Crippen LogP contribution in [-0.4, -0.2) is 21.7 Å². The number of thioether (sulfide) groups is 1. The highest BCUT2D eigenvalue weighted by Crippen LogP contribution is 2.42. The molecule has 0 aliphatic heterocycles. The van der Waals surface area contributed by atoms with Gasteiger partial charge in [0, 0.05) is 4.75 Å². The molecule has 0 saturated heterocycles. The molecule has 0 aromatic rings. The van der Waals surface area contributed by atoms with Crippen molar-refractivity contribution in [2.45, 2.75) is 50.4 Å². The van der Waals surface area contributed by atoms with E-state index in [2.05, 4.69) is 33.1 Å². The monoisotopic (exact) mass is 200 g/mol. The molecule has 0 fully saturated rings. The number of rotatable bonds is 2. The SMILES string of the molecule is CSC(C)(C)C1(O)CC=C(C)CC1. The van der Waals surface area contributed by atoms with Crippen LogP contribution in [-0.2, 0) is 0 Å². The molecular formula is C11H20OS. The van der Waals surface area contributed by atoms with Crippen LogP contribution in [0.4, 0.5) is 0 Å².